The lowest BCUT2D eigenvalue weighted by Gasteiger charge is -2.21. The molecule has 1 aromatic rings. The average molecular weight is 277 g/mol. The first-order valence-electron chi connectivity index (χ1n) is 6.66. The molecule has 0 aliphatic rings. The van der Waals surface area contributed by atoms with Crippen molar-refractivity contribution >= 4 is 17.6 Å². The summed E-state index contributed by atoms with van der Waals surface area (Å²) in [6, 6.07) is 5.64. The number of carbonyl (C=O) groups is 2. The minimum atomic E-state index is -0.241. The molecule has 0 radical (unpaired) electrons. The van der Waals surface area contributed by atoms with E-state index in [0.717, 1.165) is 16.8 Å². The van der Waals surface area contributed by atoms with E-state index in [9.17, 15) is 9.59 Å². The first-order valence-corrected chi connectivity index (χ1v) is 6.66. The maximum Gasteiger partial charge on any atom is 0.321 e. The van der Waals surface area contributed by atoms with Crippen LogP contribution in [0.1, 0.15) is 18.1 Å². The van der Waals surface area contributed by atoms with Crippen molar-refractivity contribution in [3.05, 3.63) is 29.3 Å². The summed E-state index contributed by atoms with van der Waals surface area (Å²) < 4.78 is 0. The molecule has 0 aliphatic heterocycles. The summed E-state index contributed by atoms with van der Waals surface area (Å²) in [5.74, 6) is -0.314. The summed E-state index contributed by atoms with van der Waals surface area (Å²) in [6.45, 7) is 6.13. The Morgan fingerprint density at radius 3 is 2.50 bits per heavy atom. The van der Waals surface area contributed by atoms with Gasteiger partial charge in [0.25, 0.3) is 0 Å². The first kappa shape index (κ1) is 16.0. The van der Waals surface area contributed by atoms with Gasteiger partial charge in [-0.1, -0.05) is 24.6 Å². The van der Waals surface area contributed by atoms with Gasteiger partial charge in [-0.05, 0) is 25.5 Å². The Morgan fingerprint density at radius 2 is 1.95 bits per heavy atom. The normalized spacial score (nSPS) is 11.7. The SMILES string of the molecule is CNC(=O)[C@H](C)CN(C)C(=O)Nc1ccc(C)cc1C. The number of amides is 3. The Balaban J connectivity index is 2.64. The highest BCUT2D eigenvalue weighted by molar-refractivity contribution is 5.90. The first-order chi connectivity index (χ1) is 9.35. The number of rotatable bonds is 4. The molecular formula is C15H23N3O2. The molecule has 3 amide bonds. The maximum atomic E-state index is 12.1. The second kappa shape index (κ2) is 6.93. The van der Waals surface area contributed by atoms with Crippen LogP contribution >= 0.6 is 0 Å². The van der Waals surface area contributed by atoms with Crippen molar-refractivity contribution in [3.63, 3.8) is 0 Å². The lowest BCUT2D eigenvalue weighted by molar-refractivity contribution is -0.124. The summed E-state index contributed by atoms with van der Waals surface area (Å²) >= 11 is 0. The van der Waals surface area contributed by atoms with Gasteiger partial charge in [0, 0.05) is 26.3 Å². The average Bonchev–Trinajstić information content (AvgIpc) is 2.40. The van der Waals surface area contributed by atoms with Crippen LogP contribution < -0.4 is 10.6 Å². The largest absolute Gasteiger partial charge is 0.359 e. The molecule has 1 aromatic carbocycles. The summed E-state index contributed by atoms with van der Waals surface area (Å²) in [5, 5.41) is 5.43. The molecule has 0 saturated heterocycles. The van der Waals surface area contributed by atoms with Crippen LogP contribution in [0.3, 0.4) is 0 Å². The standard InChI is InChI=1S/C15H23N3O2/c1-10-6-7-13(11(2)8-10)17-15(20)18(5)9-12(3)14(19)16-4/h6-8,12H,9H2,1-5H3,(H,16,19)(H,17,20)/t12-/m1/s1. The van der Waals surface area contributed by atoms with E-state index in [0.29, 0.717) is 6.54 Å². The number of nitrogens with one attached hydrogen (secondary N) is 2. The van der Waals surface area contributed by atoms with E-state index in [1.807, 2.05) is 32.0 Å². The van der Waals surface area contributed by atoms with Gasteiger partial charge in [0.1, 0.15) is 0 Å². The number of nitrogens with zero attached hydrogens (tertiary/aromatic N) is 1. The van der Waals surface area contributed by atoms with Gasteiger partial charge in [-0.3, -0.25) is 4.79 Å². The van der Waals surface area contributed by atoms with Gasteiger partial charge in [0.05, 0.1) is 5.92 Å². The highest BCUT2D eigenvalue weighted by Gasteiger charge is 2.17. The molecule has 0 heterocycles. The van der Waals surface area contributed by atoms with Crippen molar-refractivity contribution in [1.29, 1.82) is 0 Å². The third-order valence-electron chi connectivity index (χ3n) is 3.21. The molecule has 110 valence electrons. The van der Waals surface area contributed by atoms with Crippen LogP contribution in [0.4, 0.5) is 10.5 Å². The molecule has 0 aromatic heterocycles. The van der Waals surface area contributed by atoms with Crippen molar-refractivity contribution in [1.82, 2.24) is 10.2 Å². The third-order valence-corrected chi connectivity index (χ3v) is 3.21. The van der Waals surface area contributed by atoms with E-state index in [1.54, 1.807) is 21.0 Å². The number of urea groups is 1. The quantitative estimate of drug-likeness (QED) is 0.886. The topological polar surface area (TPSA) is 61.4 Å². The minimum Gasteiger partial charge on any atom is -0.359 e. The fraction of sp³-hybridized carbons (Fsp3) is 0.467. The Morgan fingerprint density at radius 1 is 1.30 bits per heavy atom. The summed E-state index contributed by atoms with van der Waals surface area (Å²) in [4.78, 5) is 25.0. The van der Waals surface area contributed by atoms with Gasteiger partial charge in [-0.25, -0.2) is 4.79 Å². The zero-order chi connectivity index (χ0) is 15.3. The molecular weight excluding hydrogens is 254 g/mol. The molecule has 5 nitrogen and oxygen atoms in total. The zero-order valence-electron chi connectivity index (χ0n) is 12.8. The smallest absolute Gasteiger partial charge is 0.321 e. The van der Waals surface area contributed by atoms with Gasteiger partial charge in [0.15, 0.2) is 0 Å². The lowest BCUT2D eigenvalue weighted by atomic mass is 10.1. The van der Waals surface area contributed by atoms with E-state index in [4.69, 9.17) is 0 Å². The number of hydrogen-bond acceptors (Lipinski definition) is 2. The highest BCUT2D eigenvalue weighted by atomic mass is 16.2. The number of anilines is 1. The van der Waals surface area contributed by atoms with E-state index in [-0.39, 0.29) is 17.9 Å². The predicted octanol–water partition coefficient (Wildman–Crippen LogP) is 2.15. The van der Waals surface area contributed by atoms with Gasteiger partial charge in [-0.15, -0.1) is 0 Å². The van der Waals surface area contributed by atoms with Crippen LogP contribution in [0.5, 0.6) is 0 Å². The third kappa shape index (κ3) is 4.26. The van der Waals surface area contributed by atoms with Crippen molar-refractivity contribution in [2.24, 2.45) is 5.92 Å². The van der Waals surface area contributed by atoms with Crippen LogP contribution in [-0.4, -0.2) is 37.5 Å². The molecule has 0 fully saturated rings. The Bertz CT molecular complexity index is 500. The molecule has 20 heavy (non-hydrogen) atoms. The second-order valence-electron chi connectivity index (χ2n) is 5.14. The minimum absolute atomic E-state index is 0.0730. The van der Waals surface area contributed by atoms with Crippen LogP contribution in [0.2, 0.25) is 0 Å². The van der Waals surface area contributed by atoms with Crippen LogP contribution in [0, 0.1) is 19.8 Å². The fourth-order valence-corrected chi connectivity index (χ4v) is 1.99. The highest BCUT2D eigenvalue weighted by Crippen LogP contribution is 2.16. The molecule has 1 atom stereocenters. The molecule has 0 unspecified atom stereocenters. The summed E-state index contributed by atoms with van der Waals surface area (Å²) in [5.41, 5.74) is 2.97. The van der Waals surface area contributed by atoms with Gasteiger partial charge in [-0.2, -0.15) is 0 Å². The van der Waals surface area contributed by atoms with E-state index < -0.39 is 0 Å². The van der Waals surface area contributed by atoms with Crippen molar-refractivity contribution in [3.8, 4) is 0 Å². The number of aryl methyl sites for hydroxylation is 2. The van der Waals surface area contributed by atoms with Crippen LogP contribution in [-0.2, 0) is 4.79 Å². The molecule has 0 aliphatic carbocycles. The number of carbonyl (C=O) groups excluding carboxylic acids is 2. The summed E-state index contributed by atoms with van der Waals surface area (Å²) in [7, 11) is 3.27. The molecule has 5 heteroatoms. The van der Waals surface area contributed by atoms with Crippen LogP contribution in [0.15, 0.2) is 18.2 Å². The van der Waals surface area contributed by atoms with Crippen molar-refractivity contribution < 1.29 is 9.59 Å². The molecule has 0 spiro atoms. The molecule has 2 N–H and O–H groups in total. The summed E-state index contributed by atoms with van der Waals surface area (Å²) in [6.07, 6.45) is 0. The molecule has 0 bridgehead atoms. The van der Waals surface area contributed by atoms with Crippen molar-refractivity contribution in [2.45, 2.75) is 20.8 Å². The van der Waals surface area contributed by atoms with E-state index >= 15 is 0 Å². The zero-order valence-corrected chi connectivity index (χ0v) is 12.8. The Kier molecular flexibility index (Phi) is 5.55. The lowest BCUT2D eigenvalue weighted by Crippen LogP contribution is -2.39. The van der Waals surface area contributed by atoms with E-state index in [1.165, 1.54) is 4.90 Å². The van der Waals surface area contributed by atoms with Gasteiger partial charge < -0.3 is 15.5 Å². The maximum absolute atomic E-state index is 12.1. The number of hydrogen-bond donors (Lipinski definition) is 2. The number of benzene rings is 1. The molecule has 0 saturated carbocycles. The monoisotopic (exact) mass is 277 g/mol. The fourth-order valence-electron chi connectivity index (χ4n) is 1.99. The van der Waals surface area contributed by atoms with E-state index in [2.05, 4.69) is 10.6 Å². The second-order valence-corrected chi connectivity index (χ2v) is 5.14. The molecule has 1 rings (SSSR count). The van der Waals surface area contributed by atoms with Crippen molar-refractivity contribution in [2.75, 3.05) is 26.0 Å². The van der Waals surface area contributed by atoms with Crippen LogP contribution in [0.25, 0.3) is 0 Å². The van der Waals surface area contributed by atoms with Gasteiger partial charge in [0.2, 0.25) is 5.91 Å². The van der Waals surface area contributed by atoms with Gasteiger partial charge >= 0.3 is 6.03 Å². The Hall–Kier alpha value is -2.04. The predicted molar refractivity (Wildman–Crippen MR) is 80.8 cm³/mol. The Labute approximate surface area is 120 Å².